The van der Waals surface area contributed by atoms with E-state index in [0.29, 0.717) is 35.7 Å². The molecule has 7 nitrogen and oxygen atoms in total. The van der Waals surface area contributed by atoms with E-state index < -0.39 is 11.5 Å². The first-order valence-electron chi connectivity index (χ1n) is 8.70. The number of nitrogens with zero attached hydrogens (tertiary/aromatic N) is 3. The van der Waals surface area contributed by atoms with Crippen molar-refractivity contribution in [1.82, 2.24) is 20.0 Å². The van der Waals surface area contributed by atoms with Gasteiger partial charge in [0.05, 0.1) is 24.1 Å². The Morgan fingerprint density at radius 3 is 2.63 bits per heavy atom. The van der Waals surface area contributed by atoms with Crippen LogP contribution in [-0.4, -0.2) is 25.9 Å². The van der Waals surface area contributed by atoms with E-state index in [1.807, 2.05) is 38.1 Å². The summed E-state index contributed by atoms with van der Waals surface area (Å²) in [5.41, 5.74) is 2.56. The van der Waals surface area contributed by atoms with Gasteiger partial charge in [-0.05, 0) is 36.1 Å². The molecule has 0 saturated carbocycles. The fourth-order valence-electron chi connectivity index (χ4n) is 2.92. The topological polar surface area (TPSA) is 92.7 Å². The van der Waals surface area contributed by atoms with Crippen LogP contribution in [0.1, 0.15) is 41.0 Å². The summed E-state index contributed by atoms with van der Waals surface area (Å²) in [6.45, 7) is 4.38. The number of carbonyl (C=O) groups is 1. The lowest BCUT2D eigenvalue weighted by Crippen LogP contribution is -2.27. The number of aryl methyl sites for hydroxylation is 1. The number of anilines is 1. The first-order chi connectivity index (χ1) is 13.0. The van der Waals surface area contributed by atoms with Crippen molar-refractivity contribution in [3.05, 3.63) is 74.4 Å². The maximum atomic E-state index is 12.7. The number of carbonyl (C=O) groups excluding carboxylic acids is 1. The van der Waals surface area contributed by atoms with Gasteiger partial charge in [-0.1, -0.05) is 37.6 Å². The maximum Gasteiger partial charge on any atom is 0.277 e. The third-order valence-electron chi connectivity index (χ3n) is 4.23. The molecule has 2 N–H and O–H groups in total. The Labute approximate surface area is 161 Å². The van der Waals surface area contributed by atoms with Crippen molar-refractivity contribution >= 4 is 23.2 Å². The summed E-state index contributed by atoms with van der Waals surface area (Å²) in [5, 5.41) is 14.1. The predicted octanol–water partition coefficient (Wildman–Crippen LogP) is 3.05. The van der Waals surface area contributed by atoms with Crippen LogP contribution in [-0.2, 0) is 19.4 Å². The van der Waals surface area contributed by atoms with E-state index in [1.165, 1.54) is 0 Å². The molecule has 0 atom stereocenters. The Bertz CT molecular complexity index is 1010. The number of hydrogen-bond acceptors (Lipinski definition) is 4. The lowest BCUT2D eigenvalue weighted by Gasteiger charge is -2.10. The number of benzene rings is 1. The Morgan fingerprint density at radius 1 is 1.22 bits per heavy atom. The van der Waals surface area contributed by atoms with Gasteiger partial charge in [0.2, 0.25) is 0 Å². The summed E-state index contributed by atoms with van der Waals surface area (Å²) in [5.74, 6) is -0.462. The molecule has 0 aliphatic rings. The number of aromatic nitrogens is 4. The van der Waals surface area contributed by atoms with Gasteiger partial charge >= 0.3 is 0 Å². The van der Waals surface area contributed by atoms with Crippen LogP contribution in [0.4, 0.5) is 5.69 Å². The third-order valence-corrected chi connectivity index (χ3v) is 4.49. The molecular formula is C19H20ClN5O2. The van der Waals surface area contributed by atoms with Crippen molar-refractivity contribution in [3.63, 3.8) is 0 Å². The van der Waals surface area contributed by atoms with Crippen molar-refractivity contribution in [2.75, 3.05) is 5.32 Å². The predicted molar refractivity (Wildman–Crippen MR) is 104 cm³/mol. The molecule has 3 aromatic rings. The lowest BCUT2D eigenvalue weighted by atomic mass is 10.0. The zero-order chi connectivity index (χ0) is 19.4. The number of halogens is 1. The highest BCUT2D eigenvalue weighted by atomic mass is 35.5. The van der Waals surface area contributed by atoms with Gasteiger partial charge in [-0.25, -0.2) is 5.10 Å². The molecule has 1 amide bonds. The van der Waals surface area contributed by atoms with Gasteiger partial charge in [0, 0.05) is 11.2 Å². The molecule has 2 heterocycles. The number of H-pyrrole nitrogens is 1. The number of amides is 1. The molecule has 0 aliphatic heterocycles. The summed E-state index contributed by atoms with van der Waals surface area (Å²) in [6, 6.07) is 7.46. The standard InChI is InChI=1S/C19H20ClN5O2/c1-3-15-16(4-2)23-24-19(27)17(15)18(26)22-14-9-21-25(11-14)10-12-5-7-13(20)8-6-12/h5-9,11H,3-4,10H2,1-2H3,(H,22,26)(H,24,27). The first-order valence-corrected chi connectivity index (χ1v) is 9.08. The van der Waals surface area contributed by atoms with Crippen LogP contribution >= 0.6 is 11.6 Å². The Balaban J connectivity index is 1.78. The number of rotatable bonds is 6. The molecule has 140 valence electrons. The normalized spacial score (nSPS) is 10.8. The third kappa shape index (κ3) is 4.25. The molecular weight excluding hydrogens is 366 g/mol. The average molecular weight is 386 g/mol. The second kappa shape index (κ2) is 8.18. The average Bonchev–Trinajstić information content (AvgIpc) is 3.09. The SMILES string of the molecule is CCc1n[nH]c(=O)c(C(=O)Nc2cnn(Cc3ccc(Cl)cc3)c2)c1CC. The largest absolute Gasteiger partial charge is 0.319 e. The van der Waals surface area contributed by atoms with Crippen LogP contribution in [0.2, 0.25) is 5.02 Å². The van der Waals surface area contributed by atoms with Gasteiger partial charge in [-0.3, -0.25) is 14.3 Å². The number of aromatic amines is 1. The van der Waals surface area contributed by atoms with Crippen molar-refractivity contribution in [2.45, 2.75) is 33.2 Å². The summed E-state index contributed by atoms with van der Waals surface area (Å²) in [7, 11) is 0. The molecule has 0 radical (unpaired) electrons. The molecule has 27 heavy (non-hydrogen) atoms. The van der Waals surface area contributed by atoms with Crippen LogP contribution in [0.15, 0.2) is 41.5 Å². The van der Waals surface area contributed by atoms with Crippen molar-refractivity contribution in [1.29, 1.82) is 0 Å². The van der Waals surface area contributed by atoms with E-state index in [2.05, 4.69) is 20.6 Å². The highest BCUT2D eigenvalue weighted by molar-refractivity contribution is 6.30. The summed E-state index contributed by atoms with van der Waals surface area (Å²) < 4.78 is 1.70. The minimum Gasteiger partial charge on any atom is -0.319 e. The fourth-order valence-corrected chi connectivity index (χ4v) is 3.05. The molecule has 0 spiro atoms. The van der Waals surface area contributed by atoms with Gasteiger partial charge in [0.15, 0.2) is 0 Å². The van der Waals surface area contributed by atoms with Crippen LogP contribution in [0.3, 0.4) is 0 Å². The molecule has 0 saturated heterocycles. The summed E-state index contributed by atoms with van der Waals surface area (Å²) in [4.78, 5) is 24.8. The number of hydrogen-bond donors (Lipinski definition) is 2. The minimum absolute atomic E-state index is 0.106. The van der Waals surface area contributed by atoms with Gasteiger partial charge in [0.1, 0.15) is 5.56 Å². The van der Waals surface area contributed by atoms with E-state index in [4.69, 9.17) is 11.6 Å². The molecule has 0 aliphatic carbocycles. The first kappa shape index (κ1) is 18.8. The van der Waals surface area contributed by atoms with E-state index in [0.717, 1.165) is 11.3 Å². The van der Waals surface area contributed by atoms with Crippen molar-refractivity contribution in [2.24, 2.45) is 0 Å². The zero-order valence-electron chi connectivity index (χ0n) is 15.1. The molecule has 0 bridgehead atoms. The maximum absolute atomic E-state index is 12.7. The zero-order valence-corrected chi connectivity index (χ0v) is 15.9. The van der Waals surface area contributed by atoms with Crippen LogP contribution in [0.25, 0.3) is 0 Å². The Morgan fingerprint density at radius 2 is 1.96 bits per heavy atom. The molecule has 3 rings (SSSR count). The smallest absolute Gasteiger partial charge is 0.277 e. The minimum atomic E-state index is -0.491. The summed E-state index contributed by atoms with van der Waals surface area (Å²) in [6.07, 6.45) is 4.46. The lowest BCUT2D eigenvalue weighted by molar-refractivity contribution is 0.102. The van der Waals surface area contributed by atoms with Gasteiger partial charge in [-0.15, -0.1) is 0 Å². The quantitative estimate of drug-likeness (QED) is 0.682. The van der Waals surface area contributed by atoms with Gasteiger partial charge in [-0.2, -0.15) is 10.2 Å². The molecule has 2 aromatic heterocycles. The van der Waals surface area contributed by atoms with E-state index >= 15 is 0 Å². The molecule has 8 heteroatoms. The van der Waals surface area contributed by atoms with Gasteiger partial charge < -0.3 is 5.32 Å². The Hall–Kier alpha value is -2.93. The second-order valence-corrected chi connectivity index (χ2v) is 6.50. The Kier molecular flexibility index (Phi) is 5.71. The monoisotopic (exact) mass is 385 g/mol. The number of nitrogens with one attached hydrogen (secondary N) is 2. The van der Waals surface area contributed by atoms with Crippen molar-refractivity contribution < 1.29 is 4.79 Å². The van der Waals surface area contributed by atoms with Crippen molar-refractivity contribution in [3.8, 4) is 0 Å². The molecule has 1 aromatic carbocycles. The van der Waals surface area contributed by atoms with E-state index in [1.54, 1.807) is 17.1 Å². The van der Waals surface area contributed by atoms with Crippen LogP contribution in [0, 0.1) is 0 Å². The van der Waals surface area contributed by atoms with Crippen LogP contribution in [0.5, 0.6) is 0 Å². The van der Waals surface area contributed by atoms with E-state index in [9.17, 15) is 9.59 Å². The fraction of sp³-hybridized carbons (Fsp3) is 0.263. The molecule has 0 fully saturated rings. The molecule has 0 unspecified atom stereocenters. The highest BCUT2D eigenvalue weighted by Crippen LogP contribution is 2.15. The van der Waals surface area contributed by atoms with Crippen LogP contribution < -0.4 is 10.9 Å². The highest BCUT2D eigenvalue weighted by Gasteiger charge is 2.19. The van der Waals surface area contributed by atoms with Gasteiger partial charge in [0.25, 0.3) is 11.5 Å². The van der Waals surface area contributed by atoms with E-state index in [-0.39, 0.29) is 5.56 Å². The second-order valence-electron chi connectivity index (χ2n) is 6.07. The summed E-state index contributed by atoms with van der Waals surface area (Å²) >= 11 is 5.89.